The van der Waals surface area contributed by atoms with Crippen molar-refractivity contribution < 1.29 is 27.4 Å². The highest BCUT2D eigenvalue weighted by Crippen LogP contribution is 2.30. The molecule has 20 heavy (non-hydrogen) atoms. The molecule has 0 bridgehead atoms. The molecule has 1 rings (SSSR count). The molecule has 0 atom stereocenters. The van der Waals surface area contributed by atoms with Crippen LogP contribution in [0.4, 0.5) is 13.2 Å². The average Bonchev–Trinajstić information content (AvgIpc) is 2.36. The fraction of sp³-hybridized carbons (Fsp3) is 0.333. The molecule has 0 heterocycles. The molecule has 1 aromatic carbocycles. The van der Waals surface area contributed by atoms with Gasteiger partial charge in [-0.05, 0) is 24.6 Å². The van der Waals surface area contributed by atoms with Crippen LogP contribution in [0.25, 0.3) is 0 Å². The molecule has 8 heteroatoms. The third kappa shape index (κ3) is 4.13. The molecule has 0 aliphatic carbocycles. The average molecular weight is 352 g/mol. The maximum atomic E-state index is 12.3. The summed E-state index contributed by atoms with van der Waals surface area (Å²) in [4.78, 5) is 11.7. The monoisotopic (exact) mass is 351 g/mol. The van der Waals surface area contributed by atoms with E-state index < -0.39 is 18.1 Å². The number of carbonyl (C=O) groups excluding carboxylic acids is 1. The van der Waals surface area contributed by atoms with Crippen LogP contribution in [-0.4, -0.2) is 18.9 Å². The number of nitriles is 1. The van der Waals surface area contributed by atoms with Crippen LogP contribution in [0.1, 0.15) is 28.4 Å². The van der Waals surface area contributed by atoms with E-state index in [-0.39, 0.29) is 23.1 Å². The maximum Gasteiger partial charge on any atom is 0.573 e. The predicted molar refractivity (Wildman–Crippen MR) is 66.4 cm³/mol. The fourth-order valence-corrected chi connectivity index (χ4v) is 1.89. The Morgan fingerprint density at radius 1 is 1.45 bits per heavy atom. The van der Waals surface area contributed by atoms with Crippen LogP contribution < -0.4 is 4.74 Å². The molecule has 1 aromatic rings. The van der Waals surface area contributed by atoms with E-state index >= 15 is 0 Å². The molecule has 0 aliphatic rings. The topological polar surface area (TPSA) is 59.3 Å². The first kappa shape index (κ1) is 16.3. The molecule has 0 N–H and O–H groups in total. The number of nitrogens with zero attached hydrogens (tertiary/aromatic N) is 1. The zero-order chi connectivity index (χ0) is 15.3. The van der Waals surface area contributed by atoms with Crippen molar-refractivity contribution in [2.24, 2.45) is 0 Å². The molecule has 0 amide bonds. The molecule has 0 aromatic heterocycles. The first-order valence-electron chi connectivity index (χ1n) is 5.38. The van der Waals surface area contributed by atoms with E-state index in [0.717, 1.165) is 12.1 Å². The summed E-state index contributed by atoms with van der Waals surface area (Å²) in [6, 6.07) is 3.61. The number of hydrogen-bond donors (Lipinski definition) is 0. The van der Waals surface area contributed by atoms with Crippen LogP contribution in [0, 0.1) is 11.3 Å². The lowest BCUT2D eigenvalue weighted by atomic mass is 10.0. The Labute approximate surface area is 121 Å². The largest absolute Gasteiger partial charge is 0.573 e. The second-order valence-electron chi connectivity index (χ2n) is 3.52. The van der Waals surface area contributed by atoms with Crippen molar-refractivity contribution in [2.75, 3.05) is 6.61 Å². The normalized spacial score (nSPS) is 10.8. The van der Waals surface area contributed by atoms with E-state index in [1.807, 2.05) is 0 Å². The molecule has 0 saturated carbocycles. The lowest BCUT2D eigenvalue weighted by Crippen LogP contribution is -2.19. The van der Waals surface area contributed by atoms with Crippen molar-refractivity contribution in [2.45, 2.75) is 18.6 Å². The SMILES string of the molecule is CCOC(=O)c1cc(OC(F)(F)F)c(C#N)cc1CBr. The predicted octanol–water partition coefficient (Wildman–Crippen LogP) is 3.53. The van der Waals surface area contributed by atoms with Crippen molar-refractivity contribution in [3.8, 4) is 11.8 Å². The lowest BCUT2D eigenvalue weighted by molar-refractivity contribution is -0.274. The maximum absolute atomic E-state index is 12.3. The second kappa shape index (κ2) is 6.61. The molecule has 0 unspecified atom stereocenters. The van der Waals surface area contributed by atoms with Gasteiger partial charge in [-0.15, -0.1) is 13.2 Å². The molecular formula is C12H9BrF3NO3. The van der Waals surface area contributed by atoms with Crippen LogP contribution in [0.5, 0.6) is 5.75 Å². The fourth-order valence-electron chi connectivity index (χ4n) is 1.43. The quantitative estimate of drug-likeness (QED) is 0.615. The second-order valence-corrected chi connectivity index (χ2v) is 4.08. The number of hydrogen-bond acceptors (Lipinski definition) is 4. The summed E-state index contributed by atoms with van der Waals surface area (Å²) in [5, 5.41) is 9.02. The summed E-state index contributed by atoms with van der Waals surface area (Å²) < 4.78 is 45.3. The van der Waals surface area contributed by atoms with Crippen LogP contribution in [0.3, 0.4) is 0 Å². The Kier molecular flexibility index (Phi) is 5.39. The summed E-state index contributed by atoms with van der Waals surface area (Å²) in [5.74, 6) is -1.51. The van der Waals surface area contributed by atoms with Gasteiger partial charge in [0.2, 0.25) is 0 Å². The lowest BCUT2D eigenvalue weighted by Gasteiger charge is -2.13. The Morgan fingerprint density at radius 2 is 2.10 bits per heavy atom. The first-order valence-corrected chi connectivity index (χ1v) is 6.50. The van der Waals surface area contributed by atoms with Crippen molar-refractivity contribution in [3.05, 3.63) is 28.8 Å². The van der Waals surface area contributed by atoms with Crippen molar-refractivity contribution in [3.63, 3.8) is 0 Å². The molecule has 0 fully saturated rings. The van der Waals surface area contributed by atoms with Crippen molar-refractivity contribution in [1.29, 1.82) is 5.26 Å². The molecular weight excluding hydrogens is 343 g/mol. The van der Waals surface area contributed by atoms with Crippen molar-refractivity contribution in [1.82, 2.24) is 0 Å². The highest BCUT2D eigenvalue weighted by molar-refractivity contribution is 9.08. The van der Waals surface area contributed by atoms with Gasteiger partial charge in [-0.2, -0.15) is 5.26 Å². The first-order chi connectivity index (χ1) is 9.32. The summed E-state index contributed by atoms with van der Waals surface area (Å²) in [6.45, 7) is 1.65. The highest BCUT2D eigenvalue weighted by atomic mass is 79.9. The summed E-state index contributed by atoms with van der Waals surface area (Å²) >= 11 is 3.10. The van der Waals surface area contributed by atoms with Gasteiger partial charge in [0.1, 0.15) is 11.8 Å². The number of alkyl halides is 4. The van der Waals surface area contributed by atoms with Crippen LogP contribution >= 0.6 is 15.9 Å². The Balaban J connectivity index is 3.34. The van der Waals surface area contributed by atoms with Gasteiger partial charge in [0.15, 0.2) is 0 Å². The minimum atomic E-state index is -4.95. The van der Waals surface area contributed by atoms with E-state index in [2.05, 4.69) is 20.7 Å². The standard InChI is InChI=1S/C12H9BrF3NO3/c1-2-19-11(18)9-4-10(20-12(14,15)16)8(6-17)3-7(9)5-13/h3-4H,2,5H2,1H3. The molecule has 0 aliphatic heterocycles. The number of halogens is 4. The number of esters is 1. The highest BCUT2D eigenvalue weighted by Gasteiger charge is 2.33. The van der Waals surface area contributed by atoms with Gasteiger partial charge in [-0.1, -0.05) is 15.9 Å². The van der Waals surface area contributed by atoms with Gasteiger partial charge < -0.3 is 9.47 Å². The molecule has 108 valence electrons. The third-order valence-electron chi connectivity index (χ3n) is 2.19. The van der Waals surface area contributed by atoms with Gasteiger partial charge in [0.25, 0.3) is 0 Å². The Hall–Kier alpha value is -1.75. The summed E-state index contributed by atoms with van der Waals surface area (Å²) in [5.41, 5.74) is -0.0543. The zero-order valence-electron chi connectivity index (χ0n) is 10.3. The van der Waals surface area contributed by atoms with Gasteiger partial charge in [0, 0.05) is 5.33 Å². The van der Waals surface area contributed by atoms with Crippen LogP contribution in [-0.2, 0) is 10.1 Å². The number of rotatable bonds is 4. The molecule has 4 nitrogen and oxygen atoms in total. The minimum Gasteiger partial charge on any atom is -0.462 e. The number of benzene rings is 1. The van der Waals surface area contributed by atoms with E-state index in [0.29, 0.717) is 5.56 Å². The zero-order valence-corrected chi connectivity index (χ0v) is 11.8. The van der Waals surface area contributed by atoms with Crippen molar-refractivity contribution >= 4 is 21.9 Å². The minimum absolute atomic E-state index is 0.0794. The third-order valence-corrected chi connectivity index (χ3v) is 2.79. The smallest absolute Gasteiger partial charge is 0.462 e. The Morgan fingerprint density at radius 3 is 2.55 bits per heavy atom. The van der Waals surface area contributed by atoms with Crippen LogP contribution in [0.2, 0.25) is 0 Å². The van der Waals surface area contributed by atoms with E-state index in [1.54, 1.807) is 13.0 Å². The number of carbonyl (C=O) groups is 1. The van der Waals surface area contributed by atoms with Gasteiger partial charge in [0.05, 0.1) is 17.7 Å². The van der Waals surface area contributed by atoms with E-state index in [4.69, 9.17) is 10.00 Å². The summed E-state index contributed by atoms with van der Waals surface area (Å²) in [7, 11) is 0. The summed E-state index contributed by atoms with van der Waals surface area (Å²) in [6.07, 6.45) is -4.95. The van der Waals surface area contributed by atoms with Gasteiger partial charge in [-0.25, -0.2) is 4.79 Å². The van der Waals surface area contributed by atoms with E-state index in [1.165, 1.54) is 0 Å². The molecule has 0 radical (unpaired) electrons. The molecule has 0 saturated heterocycles. The van der Waals surface area contributed by atoms with Gasteiger partial charge in [-0.3, -0.25) is 0 Å². The van der Waals surface area contributed by atoms with E-state index in [9.17, 15) is 18.0 Å². The number of ether oxygens (including phenoxy) is 2. The molecule has 0 spiro atoms. The van der Waals surface area contributed by atoms with Crippen LogP contribution in [0.15, 0.2) is 12.1 Å². The Bertz CT molecular complexity index is 552. The van der Waals surface area contributed by atoms with Gasteiger partial charge >= 0.3 is 12.3 Å².